The van der Waals surface area contributed by atoms with Gasteiger partial charge in [0.2, 0.25) is 0 Å². The Kier molecular flexibility index (Phi) is 6.63. The lowest BCUT2D eigenvalue weighted by Crippen LogP contribution is -2.39. The van der Waals surface area contributed by atoms with E-state index in [4.69, 9.17) is 14.5 Å². The van der Waals surface area contributed by atoms with Crippen LogP contribution in [-0.2, 0) is 9.59 Å². The van der Waals surface area contributed by atoms with E-state index in [9.17, 15) is 9.59 Å². The molecule has 0 aromatic heterocycles. The molecule has 1 amide bonds. The van der Waals surface area contributed by atoms with Gasteiger partial charge >= 0.3 is 0 Å². The van der Waals surface area contributed by atoms with Crippen LogP contribution in [-0.4, -0.2) is 31.1 Å². The first-order chi connectivity index (χ1) is 15.9. The topological polar surface area (TPSA) is 77.0 Å². The fourth-order valence-electron chi connectivity index (χ4n) is 4.83. The number of carbonyl (C=O) groups is 2. The van der Waals surface area contributed by atoms with Crippen molar-refractivity contribution in [1.29, 1.82) is 0 Å². The monoisotopic (exact) mass is 446 g/mol. The number of hydrogen-bond acceptors (Lipinski definition) is 5. The van der Waals surface area contributed by atoms with Crippen molar-refractivity contribution in [3.8, 4) is 11.5 Å². The van der Waals surface area contributed by atoms with E-state index in [-0.39, 0.29) is 11.7 Å². The van der Waals surface area contributed by atoms with Crippen LogP contribution in [0.4, 0.5) is 5.69 Å². The second-order valence-corrected chi connectivity index (χ2v) is 8.49. The van der Waals surface area contributed by atoms with E-state index in [1.807, 2.05) is 63.2 Å². The third-order valence-electron chi connectivity index (χ3n) is 6.39. The standard InChI is InChI=1S/C27H30N2O4/c1-5-33-22-14-13-18(15-23(22)32-4)25-24(27(31)29-19-10-7-6-9-16(19)2)17(3)28-20-11-8-12-21(30)26(20)25/h6-7,9-10,13-15,25-26H,5,8,11-12H2,1-4H3,(H,29,31)/t25-,26?/m0/s1. The molecular weight excluding hydrogens is 416 g/mol. The van der Waals surface area contributed by atoms with E-state index in [1.54, 1.807) is 7.11 Å². The van der Waals surface area contributed by atoms with Crippen LogP contribution in [0.2, 0.25) is 0 Å². The molecule has 0 bridgehead atoms. The van der Waals surface area contributed by atoms with Gasteiger partial charge in [-0.15, -0.1) is 0 Å². The molecule has 172 valence electrons. The average Bonchev–Trinajstić information content (AvgIpc) is 2.80. The number of anilines is 1. The van der Waals surface area contributed by atoms with E-state index in [0.29, 0.717) is 35.8 Å². The molecule has 6 heteroatoms. The van der Waals surface area contributed by atoms with Crippen molar-refractivity contribution in [2.45, 2.75) is 46.0 Å². The van der Waals surface area contributed by atoms with Gasteiger partial charge < -0.3 is 14.8 Å². The lowest BCUT2D eigenvalue weighted by atomic mass is 9.69. The number of rotatable bonds is 6. The number of amides is 1. The summed E-state index contributed by atoms with van der Waals surface area (Å²) in [6.45, 7) is 6.24. The average molecular weight is 447 g/mol. The lowest BCUT2D eigenvalue weighted by Gasteiger charge is -2.36. The number of aryl methyl sites for hydroxylation is 1. The summed E-state index contributed by atoms with van der Waals surface area (Å²) in [4.78, 5) is 31.5. The van der Waals surface area contributed by atoms with Gasteiger partial charge in [0.15, 0.2) is 11.5 Å². The SMILES string of the molecule is CCOc1ccc([C@H]2C(C(=O)Nc3ccccc3C)=C(C)N=C3CCCC(=O)C32)cc1OC. The Morgan fingerprint density at radius 1 is 1.09 bits per heavy atom. The van der Waals surface area contributed by atoms with E-state index >= 15 is 0 Å². The number of Topliss-reactive ketones (excluding diaryl/α,β-unsaturated/α-hetero) is 1. The molecule has 1 N–H and O–H groups in total. The quantitative estimate of drug-likeness (QED) is 0.660. The van der Waals surface area contributed by atoms with Crippen molar-refractivity contribution < 1.29 is 19.1 Å². The summed E-state index contributed by atoms with van der Waals surface area (Å²) in [6, 6.07) is 13.3. The van der Waals surface area contributed by atoms with Gasteiger partial charge in [-0.1, -0.05) is 24.3 Å². The third kappa shape index (κ3) is 4.42. The molecule has 2 aliphatic rings. The Labute approximate surface area is 194 Å². The zero-order chi connectivity index (χ0) is 23.5. The van der Waals surface area contributed by atoms with Gasteiger partial charge in [0.25, 0.3) is 5.91 Å². The van der Waals surface area contributed by atoms with Crippen molar-refractivity contribution in [3.05, 3.63) is 64.9 Å². The second-order valence-electron chi connectivity index (χ2n) is 8.49. The first kappa shape index (κ1) is 22.8. The zero-order valence-corrected chi connectivity index (χ0v) is 19.6. The maximum absolute atomic E-state index is 13.6. The summed E-state index contributed by atoms with van der Waals surface area (Å²) in [6.07, 6.45) is 2.07. The lowest BCUT2D eigenvalue weighted by molar-refractivity contribution is -0.122. The summed E-state index contributed by atoms with van der Waals surface area (Å²) in [7, 11) is 1.59. The molecule has 33 heavy (non-hydrogen) atoms. The van der Waals surface area contributed by atoms with Gasteiger partial charge in [0.05, 0.1) is 19.6 Å². The molecule has 2 aromatic carbocycles. The highest BCUT2D eigenvalue weighted by Gasteiger charge is 2.43. The van der Waals surface area contributed by atoms with Gasteiger partial charge in [0.1, 0.15) is 5.78 Å². The molecule has 0 spiro atoms. The van der Waals surface area contributed by atoms with E-state index in [1.165, 1.54) is 0 Å². The summed E-state index contributed by atoms with van der Waals surface area (Å²) >= 11 is 0. The van der Waals surface area contributed by atoms with Crippen molar-refractivity contribution in [3.63, 3.8) is 0 Å². The van der Waals surface area contributed by atoms with Crippen molar-refractivity contribution in [2.24, 2.45) is 10.9 Å². The Hall–Kier alpha value is -3.41. The molecule has 1 fully saturated rings. The number of aliphatic imine (C=N–C) groups is 1. The van der Waals surface area contributed by atoms with Crippen molar-refractivity contribution in [2.75, 3.05) is 19.0 Å². The fourth-order valence-corrected chi connectivity index (χ4v) is 4.83. The molecule has 6 nitrogen and oxygen atoms in total. The summed E-state index contributed by atoms with van der Waals surface area (Å²) in [5.74, 6) is 0.238. The molecular formula is C27H30N2O4. The predicted molar refractivity (Wildman–Crippen MR) is 129 cm³/mol. The molecule has 1 saturated carbocycles. The maximum atomic E-state index is 13.6. The number of nitrogens with zero attached hydrogens (tertiary/aromatic N) is 1. The van der Waals surface area contributed by atoms with Crippen LogP contribution in [0.15, 0.2) is 58.7 Å². The largest absolute Gasteiger partial charge is 0.493 e. The highest BCUT2D eigenvalue weighted by Crippen LogP contribution is 2.45. The highest BCUT2D eigenvalue weighted by molar-refractivity contribution is 6.14. The number of nitrogens with one attached hydrogen (secondary N) is 1. The number of fused-ring (bicyclic) bond motifs is 1. The van der Waals surface area contributed by atoms with Gasteiger partial charge in [-0.2, -0.15) is 0 Å². The molecule has 1 aliphatic carbocycles. The molecule has 0 saturated heterocycles. The minimum Gasteiger partial charge on any atom is -0.493 e. The number of carbonyl (C=O) groups excluding carboxylic acids is 2. The molecule has 0 radical (unpaired) electrons. The maximum Gasteiger partial charge on any atom is 0.254 e. The number of ketones is 1. The number of benzene rings is 2. The van der Waals surface area contributed by atoms with E-state index in [2.05, 4.69) is 5.32 Å². The smallest absolute Gasteiger partial charge is 0.254 e. The molecule has 1 heterocycles. The highest BCUT2D eigenvalue weighted by atomic mass is 16.5. The Bertz CT molecular complexity index is 1150. The molecule has 1 unspecified atom stereocenters. The van der Waals surface area contributed by atoms with Crippen molar-refractivity contribution >= 4 is 23.1 Å². The third-order valence-corrected chi connectivity index (χ3v) is 6.39. The Balaban J connectivity index is 1.81. The number of ether oxygens (including phenoxy) is 2. The molecule has 4 rings (SSSR count). The van der Waals surface area contributed by atoms with E-state index < -0.39 is 11.8 Å². The minimum atomic E-state index is -0.442. The number of methoxy groups -OCH3 is 1. The zero-order valence-electron chi connectivity index (χ0n) is 19.6. The molecule has 1 aliphatic heterocycles. The van der Waals surface area contributed by atoms with Crippen LogP contribution < -0.4 is 14.8 Å². The normalized spacial score (nSPS) is 20.1. The summed E-state index contributed by atoms with van der Waals surface area (Å²) < 4.78 is 11.2. The summed E-state index contributed by atoms with van der Waals surface area (Å²) in [5.41, 5.74) is 4.60. The first-order valence-corrected chi connectivity index (χ1v) is 11.4. The van der Waals surface area contributed by atoms with Gasteiger partial charge in [-0.3, -0.25) is 14.6 Å². The van der Waals surface area contributed by atoms with Crippen LogP contribution in [0.25, 0.3) is 0 Å². The fraction of sp³-hybridized carbons (Fsp3) is 0.370. The predicted octanol–water partition coefficient (Wildman–Crippen LogP) is 5.22. The van der Waals surface area contributed by atoms with Crippen LogP contribution in [0.5, 0.6) is 11.5 Å². The molecule has 2 aromatic rings. The Morgan fingerprint density at radius 2 is 1.88 bits per heavy atom. The number of hydrogen-bond donors (Lipinski definition) is 1. The number of allylic oxidation sites excluding steroid dienone is 1. The van der Waals surface area contributed by atoms with E-state index in [0.717, 1.165) is 35.4 Å². The van der Waals surface area contributed by atoms with Gasteiger partial charge in [-0.25, -0.2) is 0 Å². The minimum absolute atomic E-state index is 0.131. The summed E-state index contributed by atoms with van der Waals surface area (Å²) in [5, 5.41) is 3.05. The first-order valence-electron chi connectivity index (χ1n) is 11.4. The Morgan fingerprint density at radius 3 is 2.61 bits per heavy atom. The van der Waals surface area contributed by atoms with Gasteiger partial charge in [-0.05, 0) is 62.9 Å². The van der Waals surface area contributed by atoms with Crippen LogP contribution in [0, 0.1) is 12.8 Å². The van der Waals surface area contributed by atoms with Gasteiger partial charge in [0, 0.05) is 35.0 Å². The van der Waals surface area contributed by atoms with Crippen molar-refractivity contribution in [1.82, 2.24) is 0 Å². The number of para-hydroxylation sites is 1. The van der Waals surface area contributed by atoms with Crippen LogP contribution in [0.3, 0.4) is 0 Å². The van der Waals surface area contributed by atoms with Crippen LogP contribution in [0.1, 0.15) is 50.2 Å². The molecule has 2 atom stereocenters. The van der Waals surface area contributed by atoms with Crippen LogP contribution >= 0.6 is 0 Å². The second kappa shape index (κ2) is 9.61.